The van der Waals surface area contributed by atoms with E-state index in [2.05, 4.69) is 83.1 Å². The van der Waals surface area contributed by atoms with Gasteiger partial charge < -0.3 is 43.4 Å². The fourth-order valence-corrected chi connectivity index (χ4v) is 25.2. The molecule has 29 heteroatoms. The van der Waals surface area contributed by atoms with Gasteiger partial charge in [0, 0.05) is 23.7 Å². The van der Waals surface area contributed by atoms with Gasteiger partial charge in [0.1, 0.15) is 29.0 Å². The van der Waals surface area contributed by atoms with E-state index in [0.717, 1.165) is 64.2 Å². The summed E-state index contributed by atoms with van der Waals surface area (Å²) in [5, 5.41) is 0. The van der Waals surface area contributed by atoms with E-state index in [4.69, 9.17) is 64.2 Å². The summed E-state index contributed by atoms with van der Waals surface area (Å²) in [6.45, 7) is 49.9. The van der Waals surface area contributed by atoms with Gasteiger partial charge in [0.05, 0.1) is 79.9 Å². The van der Waals surface area contributed by atoms with Crippen LogP contribution in [-0.4, -0.2) is 133 Å². The molecule has 0 aromatic carbocycles. The van der Waals surface area contributed by atoms with Gasteiger partial charge in [-0.15, -0.1) is 0 Å². The maximum Gasteiger partial charge on any atom is 0.473 e. The number of ether oxygens (including phenoxy) is 4. The van der Waals surface area contributed by atoms with Gasteiger partial charge in [-0.1, -0.05) is 83.1 Å². The Hall–Kier alpha value is 0.390. The highest BCUT2D eigenvalue weighted by molar-refractivity contribution is 7.48. The van der Waals surface area contributed by atoms with Crippen molar-refractivity contribution in [3.8, 4) is 0 Å². The second-order valence-corrected chi connectivity index (χ2v) is 41.9. The average molecular weight is 1510 g/mol. The predicted molar refractivity (Wildman–Crippen MR) is 378 cm³/mol. The molecule has 26 atom stereocenters. The first-order valence-corrected chi connectivity index (χ1v) is 44.8. The van der Waals surface area contributed by atoms with Crippen LogP contribution in [0.15, 0.2) is 0 Å². The minimum Gasteiger partial charge on any atom is -0.372 e. The molecule has 0 spiro atoms. The molecular weight excluding hydrogens is 1380 g/mol. The fraction of sp³-hybridized carbons (Fsp3) is 1.00. The lowest BCUT2D eigenvalue weighted by Gasteiger charge is -2.45. The van der Waals surface area contributed by atoms with Crippen molar-refractivity contribution in [1.29, 1.82) is 0 Å². The van der Waals surface area contributed by atoms with Crippen LogP contribution in [0.5, 0.6) is 0 Å². The summed E-state index contributed by atoms with van der Waals surface area (Å²) in [5.74, 6) is 5.84. The minimum atomic E-state index is -4.09. The van der Waals surface area contributed by atoms with E-state index in [1.807, 2.05) is 20.8 Å². The van der Waals surface area contributed by atoms with Gasteiger partial charge in [-0.3, -0.25) is 45.2 Å². The molecule has 0 aromatic heterocycles. The van der Waals surface area contributed by atoms with Gasteiger partial charge in [0.15, 0.2) is 0 Å². The second kappa shape index (κ2) is 32.5. The third-order valence-electron chi connectivity index (χ3n) is 22.3. The van der Waals surface area contributed by atoms with Crippen molar-refractivity contribution in [2.45, 2.75) is 359 Å². The fourth-order valence-electron chi connectivity index (χ4n) is 19.1. The molecular formula is C70H133O24P5. The quantitative estimate of drug-likeness (QED) is 0.0454. The maximum atomic E-state index is 12.3. The molecule has 7 aliphatic carbocycles. The van der Waals surface area contributed by atoms with Crippen molar-refractivity contribution < 1.29 is 111 Å². The smallest absolute Gasteiger partial charge is 0.372 e. The Bertz CT molecular complexity index is 2910. The van der Waals surface area contributed by atoms with Crippen LogP contribution in [0.2, 0.25) is 0 Å². The van der Waals surface area contributed by atoms with Crippen molar-refractivity contribution >= 4 is 39.1 Å². The lowest BCUT2D eigenvalue weighted by molar-refractivity contribution is -0.233. The highest BCUT2D eigenvalue weighted by atomic mass is 31.2. The van der Waals surface area contributed by atoms with Gasteiger partial charge >= 0.3 is 39.1 Å². The van der Waals surface area contributed by atoms with E-state index in [0.29, 0.717) is 90.0 Å². The Kier molecular flexibility index (Phi) is 28.5. The van der Waals surface area contributed by atoms with E-state index in [1.165, 1.54) is 6.42 Å². The van der Waals surface area contributed by atoms with Crippen LogP contribution >= 0.6 is 39.1 Å². The van der Waals surface area contributed by atoms with E-state index >= 15 is 0 Å². The van der Waals surface area contributed by atoms with Crippen LogP contribution in [0, 0.1) is 81.3 Å². The average Bonchev–Trinajstić information content (AvgIpc) is 1.50. The molecule has 4 saturated heterocycles. The monoisotopic (exact) mass is 1510 g/mol. The Morgan fingerprint density at radius 1 is 0.515 bits per heavy atom. The topological polar surface area (TPSA) is 316 Å². The van der Waals surface area contributed by atoms with E-state index in [1.54, 1.807) is 69.2 Å². The molecule has 24 nitrogen and oxygen atoms in total. The number of rotatable bonds is 28. The molecule has 7 saturated carbocycles. The molecule has 11 rings (SSSR count). The normalized spacial score (nSPS) is 41.8. The van der Waals surface area contributed by atoms with Crippen molar-refractivity contribution in [2.75, 3.05) is 6.61 Å². The van der Waals surface area contributed by atoms with Crippen molar-refractivity contribution in [3.05, 3.63) is 0 Å². The van der Waals surface area contributed by atoms with Crippen LogP contribution < -0.4 is 0 Å². The molecule has 0 bridgehead atoms. The molecule has 4 heterocycles. The largest absolute Gasteiger partial charge is 0.473 e. The van der Waals surface area contributed by atoms with Crippen LogP contribution in [0.25, 0.3) is 0 Å². The van der Waals surface area contributed by atoms with Gasteiger partial charge in [-0.25, -0.2) is 22.8 Å². The molecule has 99 heavy (non-hydrogen) atoms. The molecule has 5 N–H and O–H groups in total. The molecule has 0 radical (unpaired) electrons. The number of hydrogen-bond donors (Lipinski definition) is 5. The minimum absolute atomic E-state index is 0.0561. The van der Waals surface area contributed by atoms with Crippen molar-refractivity contribution in [1.82, 2.24) is 0 Å². The van der Waals surface area contributed by atoms with E-state index in [9.17, 15) is 47.3 Å². The highest BCUT2D eigenvalue weighted by Crippen LogP contribution is 2.77. The van der Waals surface area contributed by atoms with Crippen molar-refractivity contribution in [2.24, 2.45) is 81.3 Å². The summed E-state index contributed by atoms with van der Waals surface area (Å²) in [6.07, 6.45) is 9.01. The third-order valence-corrected chi connectivity index (χ3v) is 28.5. The Morgan fingerprint density at radius 2 is 1.01 bits per heavy atom. The third kappa shape index (κ3) is 21.5. The molecule has 0 aromatic rings. The molecule has 11 aliphatic rings. The predicted octanol–water partition coefficient (Wildman–Crippen LogP) is 17.5. The zero-order valence-corrected chi connectivity index (χ0v) is 69.0. The zero-order chi connectivity index (χ0) is 74.7. The Morgan fingerprint density at radius 3 is 1.48 bits per heavy atom. The van der Waals surface area contributed by atoms with Gasteiger partial charge in [-0.05, 0) is 231 Å². The summed E-state index contributed by atoms with van der Waals surface area (Å²) in [4.78, 5) is 49.4. The lowest BCUT2D eigenvalue weighted by atomic mass is 9.82. The second-order valence-electron chi connectivity index (χ2n) is 35.2. The standard InChI is InChI=1S/C15H27O5P.C14H27O5P.2C14H27O4P.C13H25O6P/c1-9(2)15-8-12(15)7-14(6-11(5)18-13(14)15)20-21(16,17)19-10(3)4;1-9(2)12-6-7-14(8-11(5)17-13(12)14)19-20(15,16)18-10(3)4;1-9(2)7-14-8-12(14)11(5)6-13(14)18-19(15,16)17-10(3)4;1-9(2)6-11-12-7-14(12,5)8-13(11)18-19(15,16)17-10(3)4;1-8(2)6-13-7-16-12(13)11(10(5)17-13)19-20(14,15)18-9(3)4/h9-13H,6-8H2,1-5H3,(H,16,17);9-13H,6-8H2,1-5H3,(H,15,16);2*9-13H,6-8H2,1-5H3,(H,15,16);8-12H,6-7H2,1-5H3,(H,14,15)/t11-,12+,13-,14+,15+;11-,12-,13+,14-;11-,12+,13-,14+;11-,12-,13-,14+;10-,11+,12?,13-/m00000/s1. The summed E-state index contributed by atoms with van der Waals surface area (Å²) in [7, 11) is -20.0. The SMILES string of the molecule is CC(C)C[C@@H]1[C@@H](OP(=O)(O)OC(C)C)C[C@@]2(C)C[C@@H]12.CC(C)C[C@@]12C[C@@H]1[C@@H](C)C[C@@H]2OP(=O)(O)OC(C)C.CC(C)C[C@]12COC1[C@H](OP(=O)(O)OC(C)C)[C@H](C)O2.CC(C)OP(=O)(O)O[C@]12CC[C@@H](C(C)C)[C@H]1O[C@@H](C)C2.CC(C)OP(=O)(O)O[C@]12C[C@@H]3C[C@]3(C(C)C)[C@H]1O[C@@H](C)C2. The Labute approximate surface area is 594 Å². The first-order valence-electron chi connectivity index (χ1n) is 37.3. The zero-order valence-electron chi connectivity index (χ0n) is 64.6. The lowest BCUT2D eigenvalue weighted by Crippen LogP contribution is -2.59. The van der Waals surface area contributed by atoms with Crippen LogP contribution in [-0.2, 0) is 87.0 Å². The van der Waals surface area contributed by atoms with Gasteiger partial charge in [0.2, 0.25) is 0 Å². The summed E-state index contributed by atoms with van der Waals surface area (Å²) in [5.41, 5.74) is -1.09. The number of phosphoric acid groups is 5. The number of phosphoric ester groups is 5. The number of hydrogen-bond acceptors (Lipinski definition) is 19. The first-order chi connectivity index (χ1) is 45.2. The van der Waals surface area contributed by atoms with Crippen LogP contribution in [0.1, 0.15) is 257 Å². The van der Waals surface area contributed by atoms with Crippen LogP contribution in [0.3, 0.4) is 0 Å². The molecule has 6 unspecified atom stereocenters. The number of fused-ring (bicyclic) bond motifs is 7. The molecule has 4 aliphatic heterocycles. The first kappa shape index (κ1) is 86.6. The molecule has 0 amide bonds. The van der Waals surface area contributed by atoms with Crippen LogP contribution in [0.4, 0.5) is 0 Å². The molecule has 11 fully saturated rings. The van der Waals surface area contributed by atoms with Crippen molar-refractivity contribution in [3.63, 3.8) is 0 Å². The van der Waals surface area contributed by atoms with E-state index < -0.39 is 56.4 Å². The Balaban J connectivity index is 0.000000174. The summed E-state index contributed by atoms with van der Waals surface area (Å²) < 4.78 is 137. The molecule has 582 valence electrons. The van der Waals surface area contributed by atoms with E-state index in [-0.39, 0.29) is 95.8 Å². The maximum absolute atomic E-state index is 12.3. The highest BCUT2D eigenvalue weighted by Gasteiger charge is 2.77. The van der Waals surface area contributed by atoms with Gasteiger partial charge in [0.25, 0.3) is 0 Å². The summed E-state index contributed by atoms with van der Waals surface area (Å²) in [6, 6.07) is 0. The van der Waals surface area contributed by atoms with Gasteiger partial charge in [-0.2, -0.15) is 0 Å². The summed E-state index contributed by atoms with van der Waals surface area (Å²) >= 11 is 0.